The van der Waals surface area contributed by atoms with Crippen LogP contribution in [-0.2, 0) is 0 Å². The summed E-state index contributed by atoms with van der Waals surface area (Å²) in [4.78, 5) is 4.48. The van der Waals surface area contributed by atoms with Crippen molar-refractivity contribution >= 4 is 11.6 Å². The number of fused-ring (bicyclic) bond motifs is 3. The molecule has 0 saturated heterocycles. The first-order valence-electron chi connectivity index (χ1n) is 10.1. The lowest BCUT2D eigenvalue weighted by Gasteiger charge is -2.39. The van der Waals surface area contributed by atoms with Gasteiger partial charge in [-0.05, 0) is 30.2 Å². The van der Waals surface area contributed by atoms with Gasteiger partial charge in [-0.2, -0.15) is 10.1 Å². The van der Waals surface area contributed by atoms with E-state index in [-0.39, 0.29) is 12.1 Å². The topological polar surface area (TPSA) is 52.0 Å². The normalized spacial score (nSPS) is 19.2. The summed E-state index contributed by atoms with van der Waals surface area (Å²) in [5.41, 5.74) is 6.74. The van der Waals surface area contributed by atoms with Crippen molar-refractivity contribution in [1.82, 2.24) is 14.8 Å². The minimum atomic E-state index is -0.229. The molecular formula is C25H20N4O. The third-order valence-corrected chi connectivity index (χ3v) is 5.82. The molecule has 0 spiro atoms. The van der Waals surface area contributed by atoms with Crippen LogP contribution in [0.2, 0.25) is 0 Å². The number of ether oxygens (including phenoxy) is 1. The first-order valence-corrected chi connectivity index (χ1v) is 10.1. The Kier molecular flexibility index (Phi) is 3.74. The van der Waals surface area contributed by atoms with E-state index in [1.165, 1.54) is 5.56 Å². The molecule has 146 valence electrons. The van der Waals surface area contributed by atoms with E-state index in [1.807, 2.05) is 28.9 Å². The fourth-order valence-electron chi connectivity index (χ4n) is 4.39. The number of benzene rings is 3. The Labute approximate surface area is 174 Å². The number of para-hydroxylation sites is 1. The maximum atomic E-state index is 6.60. The second-order valence-corrected chi connectivity index (χ2v) is 7.70. The number of nitrogens with one attached hydrogen (secondary N) is 1. The van der Waals surface area contributed by atoms with E-state index in [0.717, 1.165) is 39.7 Å². The third kappa shape index (κ3) is 2.55. The maximum Gasteiger partial charge on any atom is 0.226 e. The Morgan fingerprint density at radius 3 is 2.47 bits per heavy atom. The molecule has 2 atom stereocenters. The summed E-state index contributed by atoms with van der Waals surface area (Å²) in [6.07, 6.45) is 1.37. The van der Waals surface area contributed by atoms with Crippen LogP contribution in [0.3, 0.4) is 0 Å². The number of aromatic nitrogens is 3. The molecule has 0 amide bonds. The third-order valence-electron chi connectivity index (χ3n) is 5.82. The van der Waals surface area contributed by atoms with Crippen LogP contribution >= 0.6 is 0 Å². The zero-order valence-electron chi connectivity index (χ0n) is 16.5. The van der Waals surface area contributed by atoms with Crippen LogP contribution in [-0.4, -0.2) is 14.8 Å². The van der Waals surface area contributed by atoms with Gasteiger partial charge in [0.15, 0.2) is 0 Å². The zero-order chi connectivity index (χ0) is 20.1. The summed E-state index contributed by atoms with van der Waals surface area (Å²) < 4.78 is 8.55. The van der Waals surface area contributed by atoms with Gasteiger partial charge >= 0.3 is 0 Å². The van der Waals surface area contributed by atoms with Gasteiger partial charge in [-0.1, -0.05) is 72.3 Å². The first kappa shape index (κ1) is 17.0. The fraction of sp³-hybridized carbons (Fsp3) is 0.120. The second-order valence-electron chi connectivity index (χ2n) is 7.70. The van der Waals surface area contributed by atoms with Crippen molar-refractivity contribution in [2.24, 2.45) is 0 Å². The fourth-order valence-corrected chi connectivity index (χ4v) is 4.39. The van der Waals surface area contributed by atoms with Gasteiger partial charge < -0.3 is 10.1 Å². The minimum Gasteiger partial charge on any atom is -0.480 e. The van der Waals surface area contributed by atoms with Crippen LogP contribution in [0.4, 0.5) is 5.95 Å². The summed E-state index contributed by atoms with van der Waals surface area (Å²) in [6.45, 7) is 2.10. The highest BCUT2D eigenvalue weighted by atomic mass is 16.5. The van der Waals surface area contributed by atoms with Gasteiger partial charge in [0, 0.05) is 11.1 Å². The van der Waals surface area contributed by atoms with Crippen LogP contribution in [0.5, 0.6) is 5.75 Å². The predicted octanol–water partition coefficient (Wildman–Crippen LogP) is 5.15. The van der Waals surface area contributed by atoms with Crippen LogP contribution in [0.1, 0.15) is 34.4 Å². The summed E-state index contributed by atoms with van der Waals surface area (Å²) in [6, 6.07) is 27.1. The molecule has 3 aromatic carbocycles. The Morgan fingerprint density at radius 2 is 1.63 bits per heavy atom. The van der Waals surface area contributed by atoms with E-state index < -0.39 is 0 Å². The van der Waals surface area contributed by atoms with E-state index in [4.69, 9.17) is 4.74 Å². The van der Waals surface area contributed by atoms with Gasteiger partial charge in [-0.25, -0.2) is 4.68 Å². The van der Waals surface area contributed by atoms with E-state index in [1.54, 1.807) is 6.33 Å². The van der Waals surface area contributed by atoms with Gasteiger partial charge in [-0.3, -0.25) is 0 Å². The average Bonchev–Trinajstić information content (AvgIpc) is 3.27. The standard InChI is InChI=1S/C25H20N4O/c1-16-11-13-17(14-12-16)23-21-22(28-25-26-15-27-29(23)25)19-9-5-6-10-20(19)30-24(21)18-7-3-2-4-8-18/h2-15,23-24H,1H3,(H,26,27,28)/t23-,24+/m1/s1. The number of hydrogen-bond acceptors (Lipinski definition) is 4. The molecule has 0 fully saturated rings. The summed E-state index contributed by atoms with van der Waals surface area (Å²) in [5, 5.41) is 8.10. The molecule has 1 N–H and O–H groups in total. The Bertz CT molecular complexity index is 1260. The summed E-state index contributed by atoms with van der Waals surface area (Å²) in [5.74, 6) is 1.61. The highest BCUT2D eigenvalue weighted by molar-refractivity contribution is 5.85. The molecule has 5 heteroatoms. The molecule has 0 radical (unpaired) electrons. The number of hydrogen-bond donors (Lipinski definition) is 1. The van der Waals surface area contributed by atoms with Crippen molar-refractivity contribution in [2.45, 2.75) is 19.1 Å². The molecule has 1 aromatic heterocycles. The molecular weight excluding hydrogens is 372 g/mol. The van der Waals surface area contributed by atoms with Crippen molar-refractivity contribution < 1.29 is 4.74 Å². The summed E-state index contributed by atoms with van der Waals surface area (Å²) in [7, 11) is 0. The zero-order valence-corrected chi connectivity index (χ0v) is 16.5. The van der Waals surface area contributed by atoms with Crippen molar-refractivity contribution in [3.05, 3.63) is 113 Å². The quantitative estimate of drug-likeness (QED) is 0.513. The Balaban J connectivity index is 1.63. The van der Waals surface area contributed by atoms with E-state index in [2.05, 4.69) is 76.9 Å². The number of rotatable bonds is 2. The van der Waals surface area contributed by atoms with Crippen molar-refractivity contribution in [3.8, 4) is 5.75 Å². The highest BCUT2D eigenvalue weighted by Crippen LogP contribution is 2.50. The van der Waals surface area contributed by atoms with Crippen LogP contribution in [0.25, 0.3) is 5.70 Å². The maximum absolute atomic E-state index is 6.60. The van der Waals surface area contributed by atoms with E-state index in [9.17, 15) is 0 Å². The average molecular weight is 392 g/mol. The molecule has 6 rings (SSSR count). The lowest BCUT2D eigenvalue weighted by atomic mass is 9.84. The molecule has 3 heterocycles. The molecule has 2 aliphatic rings. The minimum absolute atomic E-state index is 0.113. The smallest absolute Gasteiger partial charge is 0.226 e. The number of nitrogens with zero attached hydrogens (tertiary/aromatic N) is 3. The molecule has 2 aliphatic heterocycles. The molecule has 0 saturated carbocycles. The Morgan fingerprint density at radius 1 is 0.867 bits per heavy atom. The van der Waals surface area contributed by atoms with Crippen molar-refractivity contribution in [1.29, 1.82) is 0 Å². The lowest BCUT2D eigenvalue weighted by molar-refractivity contribution is 0.223. The second kappa shape index (κ2) is 6.59. The molecule has 0 bridgehead atoms. The molecule has 0 unspecified atom stereocenters. The molecule has 0 aliphatic carbocycles. The van der Waals surface area contributed by atoms with Crippen LogP contribution in [0, 0.1) is 6.92 Å². The molecule has 5 nitrogen and oxygen atoms in total. The summed E-state index contributed by atoms with van der Waals surface area (Å²) >= 11 is 0. The van der Waals surface area contributed by atoms with Crippen molar-refractivity contribution in [3.63, 3.8) is 0 Å². The molecule has 4 aromatic rings. The lowest BCUT2D eigenvalue weighted by Crippen LogP contribution is -2.32. The van der Waals surface area contributed by atoms with Gasteiger partial charge in [0.1, 0.15) is 24.2 Å². The van der Waals surface area contributed by atoms with E-state index >= 15 is 0 Å². The SMILES string of the molecule is Cc1ccc([C@@H]2C3=C(Nc4ncnn42)c2ccccc2O[C@H]3c2ccccc2)cc1. The monoisotopic (exact) mass is 392 g/mol. The van der Waals surface area contributed by atoms with Crippen LogP contribution < -0.4 is 10.1 Å². The first-order chi connectivity index (χ1) is 14.8. The predicted molar refractivity (Wildman–Crippen MR) is 116 cm³/mol. The van der Waals surface area contributed by atoms with Crippen molar-refractivity contribution in [2.75, 3.05) is 5.32 Å². The number of anilines is 1. The Hall–Kier alpha value is -3.86. The largest absolute Gasteiger partial charge is 0.480 e. The van der Waals surface area contributed by atoms with Gasteiger partial charge in [0.05, 0.1) is 5.70 Å². The van der Waals surface area contributed by atoms with Gasteiger partial charge in [0.25, 0.3) is 0 Å². The van der Waals surface area contributed by atoms with E-state index in [0.29, 0.717) is 0 Å². The number of aryl methyl sites for hydroxylation is 1. The van der Waals surface area contributed by atoms with Crippen LogP contribution in [0.15, 0.2) is 90.8 Å². The van der Waals surface area contributed by atoms with Gasteiger partial charge in [0.2, 0.25) is 5.95 Å². The van der Waals surface area contributed by atoms with Gasteiger partial charge in [-0.15, -0.1) is 0 Å². The molecule has 30 heavy (non-hydrogen) atoms. The highest BCUT2D eigenvalue weighted by Gasteiger charge is 2.40.